The second kappa shape index (κ2) is 17.8. The molecule has 2 aliphatic heterocycles. The van der Waals surface area contributed by atoms with Crippen molar-refractivity contribution < 1.29 is 22.9 Å². The van der Waals surface area contributed by atoms with Crippen LogP contribution in [0.4, 0.5) is 17.1 Å². The fourth-order valence-electron chi connectivity index (χ4n) is 8.62. The molecule has 0 radical (unpaired) electrons. The molecule has 3 aliphatic rings. The van der Waals surface area contributed by atoms with Gasteiger partial charge in [-0.25, -0.2) is 18.1 Å². The van der Waals surface area contributed by atoms with E-state index in [0.717, 1.165) is 55.7 Å². The first-order valence-electron chi connectivity index (χ1n) is 20.6. The molecule has 1 amide bonds. The van der Waals surface area contributed by atoms with E-state index in [1.807, 2.05) is 23.1 Å². The molecule has 8 rings (SSSR count). The summed E-state index contributed by atoms with van der Waals surface area (Å²) in [7, 11) is -4.59. The molecule has 0 spiro atoms. The van der Waals surface area contributed by atoms with Gasteiger partial charge in [0.25, 0.3) is 21.6 Å². The van der Waals surface area contributed by atoms with Crippen molar-refractivity contribution >= 4 is 61.2 Å². The molecule has 62 heavy (non-hydrogen) atoms. The van der Waals surface area contributed by atoms with E-state index in [-0.39, 0.29) is 35.0 Å². The molecule has 2 saturated heterocycles. The lowest BCUT2D eigenvalue weighted by molar-refractivity contribution is -0.384. The van der Waals surface area contributed by atoms with Gasteiger partial charge in [-0.05, 0) is 90.8 Å². The number of allylic oxidation sites excluding steroid dienone is 1. The summed E-state index contributed by atoms with van der Waals surface area (Å²) < 4.78 is 35.9. The lowest BCUT2D eigenvalue weighted by Crippen LogP contribution is -2.47. The Kier molecular flexibility index (Phi) is 12.2. The highest BCUT2D eigenvalue weighted by molar-refractivity contribution is 7.90. The Morgan fingerprint density at radius 1 is 1.03 bits per heavy atom. The third kappa shape index (κ3) is 9.56. The van der Waals surface area contributed by atoms with E-state index >= 15 is 0 Å². The molecule has 1 aromatic heterocycles. The summed E-state index contributed by atoms with van der Waals surface area (Å²) in [6.45, 7) is 9.99. The maximum Gasteiger partial charge on any atom is 0.293 e. The highest BCUT2D eigenvalue weighted by Crippen LogP contribution is 2.43. The maximum atomic E-state index is 14.0. The molecule has 3 heterocycles. The number of halogens is 1. The number of fused-ring (bicyclic) bond motifs is 1. The third-order valence-corrected chi connectivity index (χ3v) is 13.6. The summed E-state index contributed by atoms with van der Waals surface area (Å²) in [5.74, 6) is -0.498. The quantitative estimate of drug-likeness (QED) is 0.0592. The van der Waals surface area contributed by atoms with Gasteiger partial charge in [-0.15, -0.1) is 0 Å². The number of carbonyl (C=O) groups is 1. The second-order valence-corrected chi connectivity index (χ2v) is 19.0. The number of carbonyl (C=O) groups excluding carboxylic acids is 1. The van der Waals surface area contributed by atoms with Gasteiger partial charge in [0.1, 0.15) is 17.0 Å². The molecule has 3 N–H and O–H groups in total. The van der Waals surface area contributed by atoms with E-state index in [4.69, 9.17) is 21.6 Å². The number of likely N-dealkylation sites (tertiary alicyclic amines) is 1. The third-order valence-electron chi connectivity index (χ3n) is 12.0. The molecule has 0 unspecified atom stereocenters. The van der Waals surface area contributed by atoms with Crippen molar-refractivity contribution in [1.82, 2.24) is 24.5 Å². The molecule has 4 aromatic carbocycles. The van der Waals surface area contributed by atoms with Gasteiger partial charge in [-0.1, -0.05) is 49.2 Å². The van der Waals surface area contributed by atoms with Crippen molar-refractivity contribution in [1.29, 1.82) is 5.26 Å². The largest absolute Gasteiger partial charge is 0.454 e. The summed E-state index contributed by atoms with van der Waals surface area (Å²) in [5.41, 5.74) is 5.98. The number of nitro benzene ring substituents is 1. The predicted molar refractivity (Wildman–Crippen MR) is 239 cm³/mol. The average molecular weight is 878 g/mol. The van der Waals surface area contributed by atoms with E-state index in [2.05, 4.69) is 61.9 Å². The van der Waals surface area contributed by atoms with Crippen molar-refractivity contribution in [2.75, 3.05) is 62.6 Å². The summed E-state index contributed by atoms with van der Waals surface area (Å²) in [5, 5.41) is 25.0. The van der Waals surface area contributed by atoms with Crippen LogP contribution < -0.4 is 19.7 Å². The van der Waals surface area contributed by atoms with Crippen LogP contribution in [0.2, 0.25) is 5.02 Å². The van der Waals surface area contributed by atoms with Crippen LogP contribution in [0.5, 0.6) is 11.5 Å². The van der Waals surface area contributed by atoms with Crippen molar-refractivity contribution in [2.24, 2.45) is 5.41 Å². The van der Waals surface area contributed by atoms with Gasteiger partial charge >= 0.3 is 0 Å². The number of hydrogen-bond acceptors (Lipinski definition) is 12. The van der Waals surface area contributed by atoms with Crippen LogP contribution in [0.15, 0.2) is 95.7 Å². The SMILES string of the molecule is CC1(C)CCC(CN2CCN(c3ccc(C(=O)NS(=O)(=O)c4ccc(N[C@@H]5CCN(CC#N)C5)c([N+](=O)[O-])c4)c(Oc4cccc5[nH]cnc45)c3)CC2)=C(c2ccc(Cl)cc2)C1. The smallest absolute Gasteiger partial charge is 0.293 e. The Morgan fingerprint density at radius 3 is 2.58 bits per heavy atom. The van der Waals surface area contributed by atoms with Crippen molar-refractivity contribution in [2.45, 2.75) is 50.5 Å². The summed E-state index contributed by atoms with van der Waals surface area (Å²) >= 11 is 6.24. The van der Waals surface area contributed by atoms with Gasteiger partial charge in [0.2, 0.25) is 0 Å². The number of benzene rings is 4. The number of nitriles is 1. The Balaban J connectivity index is 1.01. The number of hydrogen-bond donors (Lipinski definition) is 3. The monoisotopic (exact) mass is 877 g/mol. The standard InChI is InChI=1S/C45H48ClN9O6S/c1-45(2)16-14-31(37(26-45)30-6-8-32(46)9-7-30)27-53-20-22-54(23-21-53)34-10-12-36(42(24-34)61-41-5-3-4-39-43(41)49-29-48-39)44(56)51-62(59,60)35-11-13-38(40(25-35)55(57)58)50-33-15-18-52(28-33)19-17-47/h3-13,24-25,29,33,50H,14-16,18-23,26-28H2,1-2H3,(H,48,49)(H,51,56)/t33-/m1/s1. The number of aromatic amines is 1. The number of aromatic nitrogens is 2. The molecule has 0 bridgehead atoms. The van der Waals surface area contributed by atoms with Gasteiger partial charge in [0.05, 0.1) is 39.8 Å². The van der Waals surface area contributed by atoms with E-state index in [9.17, 15) is 23.3 Å². The van der Waals surface area contributed by atoms with E-state index in [1.165, 1.54) is 41.2 Å². The predicted octanol–water partition coefficient (Wildman–Crippen LogP) is 7.83. The fraction of sp³-hybridized carbons (Fsp3) is 0.356. The molecular weight excluding hydrogens is 830 g/mol. The maximum absolute atomic E-state index is 14.0. The number of nitrogens with one attached hydrogen (secondary N) is 3. The zero-order valence-corrected chi connectivity index (χ0v) is 36.1. The number of imidazole rings is 1. The number of sulfonamides is 1. The number of piperazine rings is 1. The number of nitro groups is 1. The molecule has 17 heteroatoms. The van der Waals surface area contributed by atoms with E-state index in [1.54, 1.807) is 24.3 Å². The summed E-state index contributed by atoms with van der Waals surface area (Å²) in [4.78, 5) is 39.0. The minimum Gasteiger partial charge on any atom is -0.454 e. The van der Waals surface area contributed by atoms with Crippen LogP contribution in [-0.2, 0) is 10.0 Å². The first-order chi connectivity index (χ1) is 29.7. The second-order valence-electron chi connectivity index (χ2n) is 16.9. The number of anilines is 2. The number of H-pyrrole nitrogens is 1. The molecule has 0 saturated carbocycles. The van der Waals surface area contributed by atoms with Crippen molar-refractivity contribution in [3.05, 3.63) is 117 Å². The van der Waals surface area contributed by atoms with Gasteiger partial charge in [0.15, 0.2) is 5.75 Å². The van der Waals surface area contributed by atoms with Crippen LogP contribution in [0.3, 0.4) is 0 Å². The molecule has 1 atom stereocenters. The summed E-state index contributed by atoms with van der Waals surface area (Å²) in [6.07, 6.45) is 5.37. The van der Waals surface area contributed by atoms with Gasteiger partial charge < -0.3 is 19.9 Å². The van der Waals surface area contributed by atoms with Crippen molar-refractivity contribution in [3.63, 3.8) is 0 Å². The average Bonchev–Trinajstić information content (AvgIpc) is 3.92. The Labute approximate surface area is 365 Å². The molecule has 322 valence electrons. The van der Waals surface area contributed by atoms with Crippen LogP contribution in [0.1, 0.15) is 55.5 Å². The zero-order valence-electron chi connectivity index (χ0n) is 34.6. The zero-order chi connectivity index (χ0) is 43.6. The minimum atomic E-state index is -4.59. The van der Waals surface area contributed by atoms with Gasteiger partial charge in [-0.2, -0.15) is 5.26 Å². The number of rotatable bonds is 13. The minimum absolute atomic E-state index is 0.0543. The molecule has 15 nitrogen and oxygen atoms in total. The van der Waals surface area contributed by atoms with E-state index in [0.29, 0.717) is 49.4 Å². The molecule has 5 aromatic rings. The Hall–Kier alpha value is -5.99. The van der Waals surface area contributed by atoms with Gasteiger partial charge in [0, 0.05) is 74.7 Å². The number of ether oxygens (including phenoxy) is 1. The topological polar surface area (TPSA) is 190 Å². The van der Waals surface area contributed by atoms with E-state index < -0.39 is 31.4 Å². The van der Waals surface area contributed by atoms with Crippen molar-refractivity contribution in [3.8, 4) is 17.6 Å². The highest BCUT2D eigenvalue weighted by Gasteiger charge is 2.31. The number of para-hydroxylation sites is 1. The molecular formula is C45H48ClN9O6S. The summed E-state index contributed by atoms with van der Waals surface area (Å²) in [6, 6.07) is 23.9. The number of nitrogens with zero attached hydrogens (tertiary/aromatic N) is 6. The lowest BCUT2D eigenvalue weighted by Gasteiger charge is -2.39. The highest BCUT2D eigenvalue weighted by atomic mass is 35.5. The molecule has 1 aliphatic carbocycles. The Morgan fingerprint density at radius 2 is 1.82 bits per heavy atom. The lowest BCUT2D eigenvalue weighted by atomic mass is 9.72. The van der Waals surface area contributed by atoms with Gasteiger partial charge in [-0.3, -0.25) is 24.7 Å². The fourth-order valence-corrected chi connectivity index (χ4v) is 9.73. The normalized spacial score (nSPS) is 18.4. The number of amides is 1. The van der Waals surface area contributed by atoms with Crippen LogP contribution in [-0.4, -0.2) is 97.4 Å². The first-order valence-corrected chi connectivity index (χ1v) is 22.5. The molecule has 2 fully saturated rings. The Bertz CT molecular complexity index is 2690. The van der Waals surface area contributed by atoms with Crippen LogP contribution in [0, 0.1) is 26.9 Å². The van der Waals surface area contributed by atoms with Crippen LogP contribution >= 0.6 is 11.6 Å². The first kappa shape index (κ1) is 42.7. The van der Waals surface area contributed by atoms with Crippen LogP contribution in [0.25, 0.3) is 16.6 Å².